The van der Waals surface area contributed by atoms with Crippen molar-refractivity contribution in [3.63, 3.8) is 0 Å². The lowest BCUT2D eigenvalue weighted by Gasteiger charge is -2.33. The Balaban J connectivity index is 1.87. The average Bonchev–Trinajstić information content (AvgIpc) is 3.02. The maximum absolute atomic E-state index is 13.5. The van der Waals surface area contributed by atoms with Gasteiger partial charge in [-0.15, -0.1) is 0 Å². The zero-order valence-electron chi connectivity index (χ0n) is 15.6. The van der Waals surface area contributed by atoms with E-state index in [0.29, 0.717) is 29.4 Å². The van der Waals surface area contributed by atoms with E-state index in [1.165, 1.54) is 5.56 Å². The van der Waals surface area contributed by atoms with E-state index < -0.39 is 0 Å². The molecule has 1 aliphatic rings. The number of para-hydroxylation sites is 1. The van der Waals surface area contributed by atoms with Gasteiger partial charge in [0.05, 0.1) is 16.6 Å². The predicted molar refractivity (Wildman–Crippen MR) is 102 cm³/mol. The van der Waals surface area contributed by atoms with Crippen LogP contribution in [0.25, 0.3) is 11.1 Å². The van der Waals surface area contributed by atoms with Gasteiger partial charge in [-0.1, -0.05) is 44.1 Å². The van der Waals surface area contributed by atoms with Crippen molar-refractivity contribution in [1.82, 2.24) is 10.1 Å². The summed E-state index contributed by atoms with van der Waals surface area (Å²) in [4.78, 5) is 20.0. The van der Waals surface area contributed by atoms with Gasteiger partial charge in [0.1, 0.15) is 0 Å². The normalized spacial score (nSPS) is 17.0. The zero-order chi connectivity index (χ0) is 18.4. The number of hydrogen-bond acceptors (Lipinski definition) is 4. The number of nitrogens with zero attached hydrogens (tertiary/aromatic N) is 3. The summed E-state index contributed by atoms with van der Waals surface area (Å²) in [6.45, 7) is 8.90. The van der Waals surface area contributed by atoms with Crippen LogP contribution in [0.3, 0.4) is 0 Å². The van der Waals surface area contributed by atoms with Gasteiger partial charge < -0.3 is 9.42 Å². The number of hydrogen-bond donors (Lipinski definition) is 0. The number of pyridine rings is 1. The molecule has 26 heavy (non-hydrogen) atoms. The summed E-state index contributed by atoms with van der Waals surface area (Å²) in [5.74, 6) is 0.645. The fourth-order valence-electron chi connectivity index (χ4n) is 3.68. The Kier molecular flexibility index (Phi) is 4.02. The first-order chi connectivity index (χ1) is 12.5. The van der Waals surface area contributed by atoms with Gasteiger partial charge in [-0.05, 0) is 42.9 Å². The summed E-state index contributed by atoms with van der Waals surface area (Å²) >= 11 is 0. The molecule has 0 spiro atoms. The minimum atomic E-state index is -0.00931. The van der Waals surface area contributed by atoms with E-state index in [2.05, 4.69) is 37.0 Å². The Morgan fingerprint density at radius 3 is 2.85 bits per heavy atom. The van der Waals surface area contributed by atoms with Crippen LogP contribution >= 0.6 is 0 Å². The van der Waals surface area contributed by atoms with Crippen molar-refractivity contribution in [2.75, 3.05) is 11.4 Å². The number of benzene rings is 1. The van der Waals surface area contributed by atoms with Crippen LogP contribution in [0.15, 0.2) is 34.9 Å². The van der Waals surface area contributed by atoms with E-state index in [1.807, 2.05) is 36.1 Å². The fourth-order valence-corrected chi connectivity index (χ4v) is 3.68. The number of anilines is 1. The van der Waals surface area contributed by atoms with Gasteiger partial charge in [0.15, 0.2) is 0 Å². The van der Waals surface area contributed by atoms with E-state index in [-0.39, 0.29) is 11.8 Å². The van der Waals surface area contributed by atoms with Crippen molar-refractivity contribution in [3.05, 3.63) is 52.8 Å². The lowest BCUT2D eigenvalue weighted by Crippen LogP contribution is -2.36. The van der Waals surface area contributed by atoms with Crippen LogP contribution in [-0.2, 0) is 0 Å². The van der Waals surface area contributed by atoms with Gasteiger partial charge in [-0.3, -0.25) is 4.79 Å². The molecule has 0 N–H and O–H groups in total. The number of amides is 1. The van der Waals surface area contributed by atoms with Crippen LogP contribution in [0, 0.1) is 6.92 Å². The molecule has 0 radical (unpaired) electrons. The van der Waals surface area contributed by atoms with Crippen molar-refractivity contribution in [2.45, 2.75) is 46.0 Å². The van der Waals surface area contributed by atoms with Crippen LogP contribution in [0.1, 0.15) is 66.3 Å². The first kappa shape index (κ1) is 16.8. The molecule has 3 aromatic rings. The molecule has 1 atom stereocenters. The minimum absolute atomic E-state index is 0.00931. The van der Waals surface area contributed by atoms with Crippen LogP contribution < -0.4 is 4.90 Å². The standard InChI is InChI=1S/C21H23N3O2/c1-12(2)17-11-16(19-14(4)23-26-20(19)22-17)21(25)24-10-9-13(3)15-7-5-6-8-18(15)24/h5-8,11-13H,9-10H2,1-4H3. The molecule has 1 aromatic carbocycles. The molecule has 0 saturated carbocycles. The quantitative estimate of drug-likeness (QED) is 0.666. The molecular weight excluding hydrogens is 326 g/mol. The summed E-state index contributed by atoms with van der Waals surface area (Å²) in [7, 11) is 0. The third-order valence-electron chi connectivity index (χ3n) is 5.25. The first-order valence-corrected chi connectivity index (χ1v) is 9.15. The molecule has 0 fully saturated rings. The second-order valence-corrected chi connectivity index (χ2v) is 7.40. The van der Waals surface area contributed by atoms with Crippen LogP contribution in [-0.4, -0.2) is 22.6 Å². The van der Waals surface area contributed by atoms with Crippen LogP contribution in [0.4, 0.5) is 5.69 Å². The molecule has 5 heteroatoms. The zero-order valence-corrected chi connectivity index (χ0v) is 15.6. The van der Waals surface area contributed by atoms with E-state index in [9.17, 15) is 4.79 Å². The van der Waals surface area contributed by atoms with E-state index in [0.717, 1.165) is 23.2 Å². The molecule has 4 rings (SSSR count). The summed E-state index contributed by atoms with van der Waals surface area (Å²) in [6, 6.07) is 10.1. The summed E-state index contributed by atoms with van der Waals surface area (Å²) in [5, 5.41) is 4.75. The molecule has 0 bridgehead atoms. The smallest absolute Gasteiger partial charge is 0.259 e. The molecular formula is C21H23N3O2. The highest BCUT2D eigenvalue weighted by Gasteiger charge is 2.29. The number of rotatable bonds is 2. The van der Waals surface area contributed by atoms with Crippen molar-refractivity contribution in [3.8, 4) is 0 Å². The number of aromatic nitrogens is 2. The first-order valence-electron chi connectivity index (χ1n) is 9.15. The van der Waals surface area contributed by atoms with Gasteiger partial charge in [0.25, 0.3) is 11.6 Å². The van der Waals surface area contributed by atoms with E-state index >= 15 is 0 Å². The monoisotopic (exact) mass is 349 g/mol. The molecule has 2 aromatic heterocycles. The third kappa shape index (κ3) is 2.59. The number of fused-ring (bicyclic) bond motifs is 2. The number of aryl methyl sites for hydroxylation is 1. The second-order valence-electron chi connectivity index (χ2n) is 7.40. The van der Waals surface area contributed by atoms with E-state index in [4.69, 9.17) is 4.52 Å². The highest BCUT2D eigenvalue weighted by molar-refractivity contribution is 6.14. The van der Waals surface area contributed by atoms with Crippen molar-refractivity contribution in [1.29, 1.82) is 0 Å². The van der Waals surface area contributed by atoms with Crippen molar-refractivity contribution >= 4 is 22.7 Å². The summed E-state index contributed by atoms with van der Waals surface area (Å²) in [6.07, 6.45) is 0.955. The minimum Gasteiger partial charge on any atom is -0.336 e. The van der Waals surface area contributed by atoms with Crippen LogP contribution in [0.2, 0.25) is 0 Å². The third-order valence-corrected chi connectivity index (χ3v) is 5.25. The summed E-state index contributed by atoms with van der Waals surface area (Å²) < 4.78 is 5.37. The van der Waals surface area contributed by atoms with Gasteiger partial charge >= 0.3 is 0 Å². The highest BCUT2D eigenvalue weighted by Crippen LogP contribution is 2.36. The lowest BCUT2D eigenvalue weighted by atomic mass is 9.91. The second kappa shape index (κ2) is 6.24. The molecule has 0 saturated heterocycles. The topological polar surface area (TPSA) is 59.2 Å². The Morgan fingerprint density at radius 1 is 1.31 bits per heavy atom. The Bertz CT molecular complexity index is 990. The lowest BCUT2D eigenvalue weighted by molar-refractivity contribution is 0.0985. The molecule has 5 nitrogen and oxygen atoms in total. The van der Waals surface area contributed by atoms with Crippen LogP contribution in [0.5, 0.6) is 0 Å². The van der Waals surface area contributed by atoms with E-state index in [1.54, 1.807) is 0 Å². The van der Waals surface area contributed by atoms with Gasteiger partial charge in [0, 0.05) is 17.9 Å². The fraction of sp³-hybridized carbons (Fsp3) is 0.381. The Morgan fingerprint density at radius 2 is 2.08 bits per heavy atom. The molecule has 3 heterocycles. The SMILES string of the molecule is Cc1noc2nc(C(C)C)cc(C(=O)N3CCC(C)c4ccccc43)c12. The molecule has 1 unspecified atom stereocenters. The molecule has 1 amide bonds. The molecule has 134 valence electrons. The highest BCUT2D eigenvalue weighted by atomic mass is 16.5. The van der Waals surface area contributed by atoms with Crippen molar-refractivity contribution in [2.24, 2.45) is 0 Å². The van der Waals surface area contributed by atoms with Gasteiger partial charge in [0.2, 0.25) is 0 Å². The van der Waals surface area contributed by atoms with Crippen molar-refractivity contribution < 1.29 is 9.32 Å². The Labute approximate surface area is 153 Å². The maximum Gasteiger partial charge on any atom is 0.259 e. The Hall–Kier alpha value is -2.69. The largest absolute Gasteiger partial charge is 0.336 e. The number of carbonyl (C=O) groups is 1. The van der Waals surface area contributed by atoms with Gasteiger partial charge in [-0.2, -0.15) is 0 Å². The molecule has 1 aliphatic heterocycles. The predicted octanol–water partition coefficient (Wildman–Crippen LogP) is 4.81. The molecule has 0 aliphatic carbocycles. The number of carbonyl (C=O) groups excluding carboxylic acids is 1. The summed E-state index contributed by atoms with van der Waals surface area (Å²) in [5.41, 5.74) is 4.84. The average molecular weight is 349 g/mol. The maximum atomic E-state index is 13.5. The van der Waals surface area contributed by atoms with Gasteiger partial charge in [-0.25, -0.2) is 4.98 Å².